The van der Waals surface area contributed by atoms with Gasteiger partial charge in [-0.15, -0.1) is 0 Å². The predicted molar refractivity (Wildman–Crippen MR) is 89.8 cm³/mol. The van der Waals surface area contributed by atoms with Gasteiger partial charge in [0.25, 0.3) is 0 Å². The molecular weight excluding hydrogens is 283 g/mol. The van der Waals surface area contributed by atoms with E-state index in [9.17, 15) is 0 Å². The fourth-order valence-corrected chi connectivity index (χ4v) is 2.80. The molecule has 123 valence electrons. The molecule has 1 radical (unpaired) electrons. The third kappa shape index (κ3) is 20.8. The first-order valence-corrected chi connectivity index (χ1v) is 9.41. The first-order chi connectivity index (χ1) is 9.41. The Kier molecular flexibility index (Phi) is 24.9. The Labute approximate surface area is 140 Å². The van der Waals surface area contributed by atoms with Crippen LogP contribution < -0.4 is 0 Å². The first-order valence-electron chi connectivity index (χ1n) is 9.41. The average molecular weight is 323 g/mol. The van der Waals surface area contributed by atoms with Crippen molar-refractivity contribution in [3.05, 3.63) is 0 Å². The Morgan fingerprint density at radius 3 is 0.600 bits per heavy atom. The molecule has 0 amide bonds. The minimum absolute atomic E-state index is 0. The summed E-state index contributed by atoms with van der Waals surface area (Å²) in [5.74, 6) is 0. The van der Waals surface area contributed by atoms with Gasteiger partial charge in [-0.3, -0.25) is 0 Å². The summed E-state index contributed by atoms with van der Waals surface area (Å²) in [6.45, 7) is 4.59. The molecule has 0 rings (SSSR count). The van der Waals surface area contributed by atoms with Crippen LogP contribution in [0.4, 0.5) is 0 Å². The van der Waals surface area contributed by atoms with E-state index in [1.165, 1.54) is 109 Å². The molecule has 0 bridgehead atoms. The van der Waals surface area contributed by atoms with Crippen molar-refractivity contribution in [3.8, 4) is 0 Å². The van der Waals surface area contributed by atoms with Crippen LogP contribution in [-0.4, -0.2) is 0 Å². The Morgan fingerprint density at radius 2 is 0.450 bits per heavy atom. The zero-order valence-electron chi connectivity index (χ0n) is 14.4. The molecule has 0 N–H and O–H groups in total. The van der Waals surface area contributed by atoms with Crippen molar-refractivity contribution in [2.45, 2.75) is 123 Å². The summed E-state index contributed by atoms with van der Waals surface area (Å²) in [5, 5.41) is 0. The van der Waals surface area contributed by atoms with Gasteiger partial charge in [-0.05, 0) is 0 Å². The zero-order valence-corrected chi connectivity index (χ0v) is 15.6. The smallest absolute Gasteiger partial charge is 0 e. The molecule has 0 unspecified atom stereocenters. The van der Waals surface area contributed by atoms with Gasteiger partial charge in [0.15, 0.2) is 0 Å². The molecule has 0 atom stereocenters. The molecule has 0 fully saturated rings. The fourth-order valence-electron chi connectivity index (χ4n) is 2.80. The molecule has 0 aromatic heterocycles. The second-order valence-corrected chi connectivity index (χ2v) is 6.30. The molecule has 0 saturated heterocycles. The largest absolute Gasteiger partial charge is 0.0654 e. The van der Waals surface area contributed by atoms with Crippen LogP contribution in [0.15, 0.2) is 0 Å². The van der Waals surface area contributed by atoms with Gasteiger partial charge < -0.3 is 0 Å². The number of hydrogen-bond donors (Lipinski definition) is 0. The van der Waals surface area contributed by atoms with E-state index >= 15 is 0 Å². The van der Waals surface area contributed by atoms with Crippen molar-refractivity contribution in [1.29, 1.82) is 0 Å². The summed E-state index contributed by atoms with van der Waals surface area (Å²) in [6.07, 6.45) is 24.9. The van der Waals surface area contributed by atoms with E-state index in [-0.39, 0.29) is 17.1 Å². The van der Waals surface area contributed by atoms with Crippen molar-refractivity contribution in [2.24, 2.45) is 0 Å². The topological polar surface area (TPSA) is 0 Å². The number of rotatable bonds is 16. The van der Waals surface area contributed by atoms with Gasteiger partial charge in [0, 0.05) is 17.1 Å². The summed E-state index contributed by atoms with van der Waals surface area (Å²) in [7, 11) is 0. The zero-order chi connectivity index (χ0) is 14.0. The third-order valence-corrected chi connectivity index (χ3v) is 4.21. The summed E-state index contributed by atoms with van der Waals surface area (Å²) in [5.41, 5.74) is 0. The van der Waals surface area contributed by atoms with Crippen LogP contribution in [-0.2, 0) is 17.1 Å². The minimum atomic E-state index is 0. The second kappa shape index (κ2) is 21.8. The van der Waals surface area contributed by atoms with Crippen LogP contribution in [0.2, 0.25) is 0 Å². The van der Waals surface area contributed by atoms with Gasteiger partial charge in [0.1, 0.15) is 0 Å². The molecule has 1 heteroatoms. The summed E-state index contributed by atoms with van der Waals surface area (Å²) in [4.78, 5) is 0. The average Bonchev–Trinajstić information content (AvgIpc) is 2.43. The van der Waals surface area contributed by atoms with Gasteiger partial charge in [-0.1, -0.05) is 123 Å². The van der Waals surface area contributed by atoms with Crippen molar-refractivity contribution in [3.63, 3.8) is 0 Å². The molecule has 0 saturated carbocycles. The maximum atomic E-state index is 2.30. The Bertz CT molecular complexity index is 129. The first kappa shape index (κ1) is 22.8. The molecular formula is C19H40Mn. The molecule has 0 aromatic carbocycles. The quantitative estimate of drug-likeness (QED) is 0.202. The van der Waals surface area contributed by atoms with E-state index in [1.807, 2.05) is 0 Å². The van der Waals surface area contributed by atoms with Crippen molar-refractivity contribution in [2.75, 3.05) is 0 Å². The van der Waals surface area contributed by atoms with E-state index in [0.29, 0.717) is 0 Å². The van der Waals surface area contributed by atoms with E-state index < -0.39 is 0 Å². The summed E-state index contributed by atoms with van der Waals surface area (Å²) in [6, 6.07) is 0. The van der Waals surface area contributed by atoms with Gasteiger partial charge >= 0.3 is 0 Å². The van der Waals surface area contributed by atoms with Crippen LogP contribution in [0, 0.1) is 0 Å². The molecule has 20 heavy (non-hydrogen) atoms. The Hall–Kier alpha value is 0.519. The molecule has 0 heterocycles. The van der Waals surface area contributed by atoms with Gasteiger partial charge in [-0.25, -0.2) is 0 Å². The third-order valence-electron chi connectivity index (χ3n) is 4.21. The van der Waals surface area contributed by atoms with Crippen molar-refractivity contribution in [1.82, 2.24) is 0 Å². The van der Waals surface area contributed by atoms with Crippen LogP contribution in [0.1, 0.15) is 123 Å². The van der Waals surface area contributed by atoms with Crippen LogP contribution in [0.3, 0.4) is 0 Å². The Balaban J connectivity index is 0. The number of unbranched alkanes of at least 4 members (excludes halogenated alkanes) is 16. The van der Waals surface area contributed by atoms with Gasteiger partial charge in [0.05, 0.1) is 0 Å². The van der Waals surface area contributed by atoms with E-state index in [0.717, 1.165) is 0 Å². The molecule has 0 aliphatic rings. The van der Waals surface area contributed by atoms with E-state index in [1.54, 1.807) is 0 Å². The monoisotopic (exact) mass is 323 g/mol. The number of hydrogen-bond acceptors (Lipinski definition) is 0. The SMILES string of the molecule is CCCCCCCCCCCCCCCCCCC.[Mn]. The normalized spacial score (nSPS) is 10.5. The summed E-state index contributed by atoms with van der Waals surface area (Å²) >= 11 is 0. The Morgan fingerprint density at radius 1 is 0.300 bits per heavy atom. The van der Waals surface area contributed by atoms with E-state index in [4.69, 9.17) is 0 Å². The second-order valence-electron chi connectivity index (χ2n) is 6.30. The molecule has 0 aromatic rings. The standard InChI is InChI=1S/C19H40.Mn/c1-3-5-7-9-11-13-15-17-19-18-16-14-12-10-8-6-4-2;/h3-19H2,1-2H3;. The minimum Gasteiger partial charge on any atom is -0.0654 e. The van der Waals surface area contributed by atoms with Crippen LogP contribution >= 0.6 is 0 Å². The fraction of sp³-hybridized carbons (Fsp3) is 1.00. The summed E-state index contributed by atoms with van der Waals surface area (Å²) < 4.78 is 0. The van der Waals surface area contributed by atoms with Crippen molar-refractivity contribution >= 4 is 0 Å². The van der Waals surface area contributed by atoms with Crippen LogP contribution in [0.25, 0.3) is 0 Å². The maximum Gasteiger partial charge on any atom is 0 e. The van der Waals surface area contributed by atoms with Crippen LogP contribution in [0.5, 0.6) is 0 Å². The van der Waals surface area contributed by atoms with Crippen molar-refractivity contribution < 1.29 is 17.1 Å². The molecule has 0 spiro atoms. The predicted octanol–water partition coefficient (Wildman–Crippen LogP) is 7.66. The molecule has 0 aliphatic carbocycles. The van der Waals surface area contributed by atoms with E-state index in [2.05, 4.69) is 13.8 Å². The molecule has 0 aliphatic heterocycles. The van der Waals surface area contributed by atoms with Gasteiger partial charge in [0.2, 0.25) is 0 Å². The molecule has 0 nitrogen and oxygen atoms in total. The maximum absolute atomic E-state index is 2.30. The van der Waals surface area contributed by atoms with Gasteiger partial charge in [-0.2, -0.15) is 0 Å².